The minimum Gasteiger partial charge on any atom is -0.465 e. The van der Waals surface area contributed by atoms with Crippen molar-refractivity contribution in [3.8, 4) is 0 Å². The van der Waals surface area contributed by atoms with Gasteiger partial charge >= 0.3 is 5.97 Å². The Morgan fingerprint density at radius 3 is 2.65 bits per heavy atom. The van der Waals surface area contributed by atoms with Crippen LogP contribution < -0.4 is 5.73 Å². The molecule has 5 nitrogen and oxygen atoms in total. The zero-order valence-electron chi connectivity index (χ0n) is 11.7. The molecule has 0 unspecified atom stereocenters. The van der Waals surface area contributed by atoms with Crippen LogP contribution in [-0.4, -0.2) is 36.0 Å². The van der Waals surface area contributed by atoms with E-state index in [1.807, 2.05) is 18.2 Å². The van der Waals surface area contributed by atoms with Crippen molar-refractivity contribution in [1.82, 2.24) is 4.90 Å². The van der Waals surface area contributed by atoms with Gasteiger partial charge < -0.3 is 15.4 Å². The van der Waals surface area contributed by atoms with Crippen molar-refractivity contribution in [3.05, 3.63) is 29.8 Å². The van der Waals surface area contributed by atoms with E-state index in [1.54, 1.807) is 17.9 Å². The molecule has 0 aromatic heterocycles. The summed E-state index contributed by atoms with van der Waals surface area (Å²) in [7, 11) is 0. The summed E-state index contributed by atoms with van der Waals surface area (Å²) in [6.45, 7) is 2.12. The molecule has 0 saturated heterocycles. The zero-order valence-corrected chi connectivity index (χ0v) is 11.7. The lowest BCUT2D eigenvalue weighted by molar-refractivity contribution is -0.149. The van der Waals surface area contributed by atoms with Gasteiger partial charge in [-0.1, -0.05) is 18.2 Å². The summed E-state index contributed by atoms with van der Waals surface area (Å²) >= 11 is 0. The smallest absolute Gasteiger partial charge is 0.325 e. The Morgan fingerprint density at radius 1 is 1.35 bits per heavy atom. The largest absolute Gasteiger partial charge is 0.465 e. The van der Waals surface area contributed by atoms with E-state index in [-0.39, 0.29) is 30.9 Å². The van der Waals surface area contributed by atoms with Gasteiger partial charge in [-0.25, -0.2) is 0 Å². The second kappa shape index (κ2) is 6.41. The maximum absolute atomic E-state index is 12.3. The first-order chi connectivity index (χ1) is 9.61. The highest BCUT2D eigenvalue weighted by molar-refractivity contribution is 5.85. The van der Waals surface area contributed by atoms with Gasteiger partial charge in [0.25, 0.3) is 0 Å². The fourth-order valence-electron chi connectivity index (χ4n) is 2.11. The van der Waals surface area contributed by atoms with Crippen LogP contribution in [0.1, 0.15) is 25.3 Å². The van der Waals surface area contributed by atoms with Crippen LogP contribution in [0.4, 0.5) is 5.69 Å². The van der Waals surface area contributed by atoms with Crippen molar-refractivity contribution >= 4 is 17.6 Å². The Morgan fingerprint density at radius 2 is 2.05 bits per heavy atom. The molecule has 1 saturated carbocycles. The number of esters is 1. The lowest BCUT2D eigenvalue weighted by atomic mass is 10.1. The Kier molecular flexibility index (Phi) is 4.61. The molecule has 20 heavy (non-hydrogen) atoms. The molecule has 1 aromatic carbocycles. The average Bonchev–Trinajstić information content (AvgIpc) is 3.23. The van der Waals surface area contributed by atoms with Crippen LogP contribution in [0.2, 0.25) is 0 Å². The number of nitrogens with zero attached hydrogens (tertiary/aromatic N) is 1. The van der Waals surface area contributed by atoms with Gasteiger partial charge in [-0.15, -0.1) is 0 Å². The molecule has 0 bridgehead atoms. The summed E-state index contributed by atoms with van der Waals surface area (Å²) in [5, 5.41) is 0. The fraction of sp³-hybridized carbons (Fsp3) is 0.467. The second-order valence-electron chi connectivity index (χ2n) is 4.93. The predicted molar refractivity (Wildman–Crippen MR) is 75.9 cm³/mol. The van der Waals surface area contributed by atoms with Crippen molar-refractivity contribution in [1.29, 1.82) is 0 Å². The SMILES string of the molecule is CCOC(=O)CN(C(=O)Cc1ccccc1N)C1CC1. The molecule has 2 N–H and O–H groups in total. The number of nitrogens with two attached hydrogens (primary N) is 1. The first-order valence-electron chi connectivity index (χ1n) is 6.90. The second-order valence-corrected chi connectivity index (χ2v) is 4.93. The molecular formula is C15H20N2O3. The standard InChI is InChI=1S/C15H20N2O3/c1-2-20-15(19)10-17(12-7-8-12)14(18)9-11-5-3-4-6-13(11)16/h3-6,12H,2,7-10,16H2,1H3. The van der Waals surface area contributed by atoms with Crippen LogP contribution in [0, 0.1) is 0 Å². The Balaban J connectivity index is 2.00. The van der Waals surface area contributed by atoms with Crippen molar-refractivity contribution < 1.29 is 14.3 Å². The monoisotopic (exact) mass is 276 g/mol. The normalized spacial score (nSPS) is 13.8. The highest BCUT2D eigenvalue weighted by Gasteiger charge is 2.34. The molecule has 0 aliphatic heterocycles. The van der Waals surface area contributed by atoms with Gasteiger partial charge in [0.15, 0.2) is 0 Å². The molecule has 0 atom stereocenters. The van der Waals surface area contributed by atoms with Gasteiger partial charge in [-0.2, -0.15) is 0 Å². The molecule has 108 valence electrons. The predicted octanol–water partition coefficient (Wildman–Crippen LogP) is 1.37. The topological polar surface area (TPSA) is 72.6 Å². The lowest BCUT2D eigenvalue weighted by Crippen LogP contribution is -2.39. The summed E-state index contributed by atoms with van der Waals surface area (Å²) in [5.74, 6) is -0.424. The van der Waals surface area contributed by atoms with Crippen LogP contribution in [-0.2, 0) is 20.7 Å². The minimum absolute atomic E-state index is 0.0318. The molecule has 5 heteroatoms. The number of hydrogen-bond donors (Lipinski definition) is 1. The van der Waals surface area contributed by atoms with E-state index in [4.69, 9.17) is 10.5 Å². The Hall–Kier alpha value is -2.04. The maximum atomic E-state index is 12.3. The van der Waals surface area contributed by atoms with E-state index in [0.717, 1.165) is 18.4 Å². The summed E-state index contributed by atoms with van der Waals surface area (Å²) in [5.41, 5.74) is 7.25. The fourth-order valence-corrected chi connectivity index (χ4v) is 2.11. The highest BCUT2D eigenvalue weighted by atomic mass is 16.5. The quantitative estimate of drug-likeness (QED) is 0.629. The van der Waals surface area contributed by atoms with Crippen LogP contribution >= 0.6 is 0 Å². The Labute approximate surface area is 118 Å². The molecule has 0 spiro atoms. The molecule has 0 radical (unpaired) electrons. The molecule has 1 fully saturated rings. The van der Waals surface area contributed by atoms with E-state index in [9.17, 15) is 9.59 Å². The lowest BCUT2D eigenvalue weighted by Gasteiger charge is -2.21. The van der Waals surface area contributed by atoms with Gasteiger partial charge in [0.2, 0.25) is 5.91 Å². The summed E-state index contributed by atoms with van der Waals surface area (Å²) in [4.78, 5) is 25.5. The highest BCUT2D eigenvalue weighted by Crippen LogP contribution is 2.27. The number of benzene rings is 1. The number of hydrogen-bond acceptors (Lipinski definition) is 4. The van der Waals surface area contributed by atoms with Crippen LogP contribution in [0.3, 0.4) is 0 Å². The third-order valence-electron chi connectivity index (χ3n) is 3.31. The van der Waals surface area contributed by atoms with E-state index in [0.29, 0.717) is 12.3 Å². The Bertz CT molecular complexity index is 498. The molecule has 1 amide bonds. The van der Waals surface area contributed by atoms with Gasteiger partial charge in [0, 0.05) is 11.7 Å². The zero-order chi connectivity index (χ0) is 14.5. The summed E-state index contributed by atoms with van der Waals surface area (Å²) in [6.07, 6.45) is 2.13. The number of amides is 1. The summed E-state index contributed by atoms with van der Waals surface area (Å²) in [6, 6.07) is 7.47. The molecule has 0 heterocycles. The van der Waals surface area contributed by atoms with Crippen molar-refractivity contribution in [2.24, 2.45) is 0 Å². The maximum Gasteiger partial charge on any atom is 0.325 e. The van der Waals surface area contributed by atoms with Crippen molar-refractivity contribution in [2.45, 2.75) is 32.2 Å². The number of rotatable bonds is 6. The first-order valence-corrected chi connectivity index (χ1v) is 6.90. The van der Waals surface area contributed by atoms with E-state index >= 15 is 0 Å². The van der Waals surface area contributed by atoms with Gasteiger partial charge in [-0.3, -0.25) is 9.59 Å². The van der Waals surface area contributed by atoms with Gasteiger partial charge in [0.1, 0.15) is 6.54 Å². The van der Waals surface area contributed by atoms with E-state index in [1.165, 1.54) is 0 Å². The number of ether oxygens (including phenoxy) is 1. The minimum atomic E-state index is -0.353. The molecule has 1 aliphatic carbocycles. The average molecular weight is 276 g/mol. The van der Waals surface area contributed by atoms with Gasteiger partial charge in [-0.05, 0) is 31.4 Å². The molecule has 2 rings (SSSR count). The van der Waals surface area contributed by atoms with Crippen molar-refractivity contribution in [3.63, 3.8) is 0 Å². The number of carbonyl (C=O) groups is 2. The van der Waals surface area contributed by atoms with E-state index < -0.39 is 0 Å². The first kappa shape index (κ1) is 14.4. The van der Waals surface area contributed by atoms with Crippen LogP contribution in [0.25, 0.3) is 0 Å². The van der Waals surface area contributed by atoms with Crippen molar-refractivity contribution in [2.75, 3.05) is 18.9 Å². The third-order valence-corrected chi connectivity index (χ3v) is 3.31. The number of para-hydroxylation sites is 1. The number of carbonyl (C=O) groups excluding carboxylic acids is 2. The molecular weight excluding hydrogens is 256 g/mol. The molecule has 1 aromatic rings. The summed E-state index contributed by atoms with van der Waals surface area (Å²) < 4.78 is 4.92. The molecule has 1 aliphatic rings. The van der Waals surface area contributed by atoms with Crippen LogP contribution in [0.5, 0.6) is 0 Å². The van der Waals surface area contributed by atoms with Crippen LogP contribution in [0.15, 0.2) is 24.3 Å². The number of nitrogen functional groups attached to an aromatic ring is 1. The van der Waals surface area contributed by atoms with Gasteiger partial charge in [0.05, 0.1) is 13.0 Å². The third kappa shape index (κ3) is 3.73. The van der Waals surface area contributed by atoms with E-state index in [2.05, 4.69) is 0 Å². The number of anilines is 1.